The van der Waals surface area contributed by atoms with Crippen molar-refractivity contribution in [2.45, 2.75) is 0 Å². The highest BCUT2D eigenvalue weighted by Gasteiger charge is 2.27. The maximum atomic E-state index is 12.7. The van der Waals surface area contributed by atoms with Crippen molar-refractivity contribution in [2.75, 3.05) is 38.2 Å². The Morgan fingerprint density at radius 2 is 1.61 bits per heavy atom. The normalized spacial score (nSPS) is 13.9. The number of piperazine rings is 1. The van der Waals surface area contributed by atoms with Crippen molar-refractivity contribution in [3.63, 3.8) is 0 Å². The molecular weight excluding hydrogens is 368 g/mol. The number of nitro benzene ring substituents is 2. The minimum absolute atomic E-state index is 0.0213. The summed E-state index contributed by atoms with van der Waals surface area (Å²) in [5, 5.41) is 22.4. The van der Waals surface area contributed by atoms with Crippen LogP contribution in [0.4, 0.5) is 17.1 Å². The summed E-state index contributed by atoms with van der Waals surface area (Å²) in [6.45, 7) is 1.55. The first-order valence-corrected chi connectivity index (χ1v) is 8.52. The zero-order valence-corrected chi connectivity index (χ0v) is 15.1. The standard InChI is InChI=1S/C18H18N4O6/c1-28-17-7-6-13(12-16(17)22(26)27)18(23)20-10-8-19(9-11-20)14-4-2-3-5-15(14)21(24)25/h2-7,12H,8-11H2,1H3. The second-order valence-electron chi connectivity index (χ2n) is 6.17. The molecule has 2 aromatic rings. The molecule has 0 aromatic heterocycles. The molecule has 0 bridgehead atoms. The Bertz CT molecular complexity index is 924. The summed E-state index contributed by atoms with van der Waals surface area (Å²) in [5.74, 6) is -0.240. The Hall–Kier alpha value is -3.69. The molecule has 10 heteroatoms. The van der Waals surface area contributed by atoms with Crippen LogP contribution in [0.3, 0.4) is 0 Å². The topological polar surface area (TPSA) is 119 Å². The van der Waals surface area contributed by atoms with Crippen molar-refractivity contribution in [2.24, 2.45) is 0 Å². The Morgan fingerprint density at radius 3 is 2.21 bits per heavy atom. The molecule has 28 heavy (non-hydrogen) atoms. The minimum atomic E-state index is -0.595. The number of nitrogens with zero attached hydrogens (tertiary/aromatic N) is 4. The van der Waals surface area contributed by atoms with E-state index >= 15 is 0 Å². The lowest BCUT2D eigenvalue weighted by molar-refractivity contribution is -0.385. The predicted octanol–water partition coefficient (Wildman–Crippen LogP) is 2.47. The van der Waals surface area contributed by atoms with Gasteiger partial charge in [-0.15, -0.1) is 0 Å². The van der Waals surface area contributed by atoms with Crippen LogP contribution in [-0.2, 0) is 0 Å². The monoisotopic (exact) mass is 386 g/mol. The van der Waals surface area contributed by atoms with Gasteiger partial charge >= 0.3 is 5.69 Å². The number of benzene rings is 2. The molecule has 0 radical (unpaired) electrons. The Kier molecular flexibility index (Phi) is 5.39. The van der Waals surface area contributed by atoms with E-state index in [1.165, 1.54) is 31.4 Å². The van der Waals surface area contributed by atoms with Crippen LogP contribution in [0.1, 0.15) is 10.4 Å². The quantitative estimate of drug-likeness (QED) is 0.572. The summed E-state index contributed by atoms with van der Waals surface area (Å²) in [4.78, 5) is 37.5. The molecule has 0 unspecified atom stereocenters. The first kappa shape index (κ1) is 19.1. The lowest BCUT2D eigenvalue weighted by Crippen LogP contribution is -2.49. The number of para-hydroxylation sites is 2. The Labute approximate surface area is 160 Å². The Balaban J connectivity index is 1.73. The molecule has 2 aromatic carbocycles. The predicted molar refractivity (Wildman–Crippen MR) is 101 cm³/mol. The summed E-state index contributed by atoms with van der Waals surface area (Å²) in [6.07, 6.45) is 0. The van der Waals surface area contributed by atoms with Crippen molar-refractivity contribution in [1.82, 2.24) is 4.90 Å². The van der Waals surface area contributed by atoms with Gasteiger partial charge < -0.3 is 14.5 Å². The summed E-state index contributed by atoms with van der Waals surface area (Å²) >= 11 is 0. The number of nitro groups is 2. The van der Waals surface area contributed by atoms with Gasteiger partial charge in [-0.3, -0.25) is 25.0 Å². The summed E-state index contributed by atoms with van der Waals surface area (Å²) in [5.41, 5.74) is 0.464. The maximum absolute atomic E-state index is 12.7. The van der Waals surface area contributed by atoms with Crippen molar-refractivity contribution in [1.29, 1.82) is 0 Å². The van der Waals surface area contributed by atoms with Crippen LogP contribution in [0.25, 0.3) is 0 Å². The van der Waals surface area contributed by atoms with Crippen LogP contribution in [0, 0.1) is 20.2 Å². The molecule has 1 saturated heterocycles. The molecule has 3 rings (SSSR count). The van der Waals surface area contributed by atoms with Gasteiger partial charge in [0, 0.05) is 43.9 Å². The van der Waals surface area contributed by atoms with Crippen LogP contribution in [0.2, 0.25) is 0 Å². The van der Waals surface area contributed by atoms with Crippen molar-refractivity contribution < 1.29 is 19.4 Å². The van der Waals surface area contributed by atoms with Gasteiger partial charge in [0.25, 0.3) is 11.6 Å². The molecule has 0 spiro atoms. The molecule has 0 aliphatic carbocycles. The summed E-state index contributed by atoms with van der Waals surface area (Å²) in [6, 6.07) is 10.6. The fourth-order valence-corrected chi connectivity index (χ4v) is 3.18. The van der Waals surface area contributed by atoms with Gasteiger partial charge in [0.15, 0.2) is 5.75 Å². The maximum Gasteiger partial charge on any atom is 0.311 e. The number of amides is 1. The zero-order valence-electron chi connectivity index (χ0n) is 15.1. The third-order valence-electron chi connectivity index (χ3n) is 4.61. The van der Waals surface area contributed by atoms with Crippen LogP contribution in [0.5, 0.6) is 5.75 Å². The largest absolute Gasteiger partial charge is 0.490 e. The average Bonchev–Trinajstić information content (AvgIpc) is 2.72. The van der Waals surface area contributed by atoms with Gasteiger partial charge in [0.05, 0.1) is 17.0 Å². The molecule has 1 fully saturated rings. The third kappa shape index (κ3) is 3.70. The number of carbonyl (C=O) groups is 1. The lowest BCUT2D eigenvalue weighted by atomic mass is 10.1. The fraction of sp³-hybridized carbons (Fsp3) is 0.278. The Morgan fingerprint density at radius 1 is 0.964 bits per heavy atom. The SMILES string of the molecule is COc1ccc(C(=O)N2CCN(c3ccccc3[N+](=O)[O-])CC2)cc1[N+](=O)[O-]. The van der Waals surface area contributed by atoms with E-state index in [1.54, 1.807) is 23.1 Å². The highest BCUT2D eigenvalue weighted by atomic mass is 16.6. The highest BCUT2D eigenvalue weighted by Crippen LogP contribution is 2.30. The van der Waals surface area contributed by atoms with E-state index in [1.807, 2.05) is 4.90 Å². The first-order valence-electron chi connectivity index (χ1n) is 8.52. The molecule has 146 valence electrons. The van der Waals surface area contributed by atoms with Crippen LogP contribution in [0.15, 0.2) is 42.5 Å². The van der Waals surface area contributed by atoms with E-state index < -0.39 is 9.85 Å². The highest BCUT2D eigenvalue weighted by molar-refractivity contribution is 5.95. The van der Waals surface area contributed by atoms with Gasteiger partial charge in [-0.1, -0.05) is 12.1 Å². The third-order valence-corrected chi connectivity index (χ3v) is 4.61. The molecule has 1 amide bonds. The van der Waals surface area contributed by atoms with Crippen molar-refractivity contribution >= 4 is 23.0 Å². The molecule has 0 N–H and O–H groups in total. The van der Waals surface area contributed by atoms with E-state index in [0.29, 0.717) is 31.9 Å². The number of anilines is 1. The fourth-order valence-electron chi connectivity index (χ4n) is 3.18. The van der Waals surface area contributed by atoms with E-state index in [-0.39, 0.29) is 28.6 Å². The van der Waals surface area contributed by atoms with Crippen LogP contribution < -0.4 is 9.64 Å². The first-order chi connectivity index (χ1) is 13.4. The van der Waals surface area contributed by atoms with E-state index in [2.05, 4.69) is 0 Å². The second-order valence-corrected chi connectivity index (χ2v) is 6.17. The van der Waals surface area contributed by atoms with Crippen LogP contribution in [-0.4, -0.2) is 53.9 Å². The molecule has 10 nitrogen and oxygen atoms in total. The number of carbonyl (C=O) groups excluding carboxylic acids is 1. The van der Waals surface area contributed by atoms with Gasteiger partial charge in [0.1, 0.15) is 5.69 Å². The van der Waals surface area contributed by atoms with E-state index in [0.717, 1.165) is 0 Å². The average molecular weight is 386 g/mol. The second kappa shape index (κ2) is 7.91. The molecule has 0 saturated carbocycles. The number of ether oxygens (including phenoxy) is 1. The van der Waals surface area contributed by atoms with Crippen molar-refractivity contribution in [3.05, 3.63) is 68.3 Å². The summed E-state index contributed by atoms with van der Waals surface area (Å²) < 4.78 is 4.95. The number of methoxy groups -OCH3 is 1. The molecule has 1 aliphatic heterocycles. The summed E-state index contributed by atoms with van der Waals surface area (Å²) in [7, 11) is 1.33. The molecular formula is C18H18N4O6. The number of rotatable bonds is 5. The lowest BCUT2D eigenvalue weighted by Gasteiger charge is -2.35. The van der Waals surface area contributed by atoms with Gasteiger partial charge in [-0.2, -0.15) is 0 Å². The van der Waals surface area contributed by atoms with Gasteiger partial charge in [-0.25, -0.2) is 0 Å². The van der Waals surface area contributed by atoms with Crippen LogP contribution >= 0.6 is 0 Å². The number of hydrogen-bond acceptors (Lipinski definition) is 7. The number of hydrogen-bond donors (Lipinski definition) is 0. The van der Waals surface area contributed by atoms with E-state index in [4.69, 9.17) is 4.74 Å². The molecule has 0 atom stereocenters. The molecule has 1 aliphatic rings. The zero-order chi connectivity index (χ0) is 20.3. The van der Waals surface area contributed by atoms with Gasteiger partial charge in [-0.05, 0) is 18.2 Å². The van der Waals surface area contributed by atoms with Gasteiger partial charge in [0.2, 0.25) is 0 Å². The smallest absolute Gasteiger partial charge is 0.311 e. The molecule has 1 heterocycles. The van der Waals surface area contributed by atoms with E-state index in [9.17, 15) is 25.0 Å². The minimum Gasteiger partial charge on any atom is -0.490 e. The van der Waals surface area contributed by atoms with Crippen molar-refractivity contribution in [3.8, 4) is 5.75 Å².